The maximum Gasteiger partial charge on any atom is 0.262 e. The number of carbonyl (C=O) groups is 1. The smallest absolute Gasteiger partial charge is 0.262 e. The molecule has 5 rings (SSSR count). The van der Waals surface area contributed by atoms with Crippen molar-refractivity contribution in [2.24, 2.45) is 11.7 Å². The number of nitrogens with two attached hydrogens (primary N) is 1. The molecule has 2 unspecified atom stereocenters. The van der Waals surface area contributed by atoms with Gasteiger partial charge in [-0.25, -0.2) is 19.6 Å². The van der Waals surface area contributed by atoms with Crippen LogP contribution >= 0.6 is 0 Å². The van der Waals surface area contributed by atoms with E-state index in [1.165, 1.54) is 25.2 Å². The maximum absolute atomic E-state index is 12.7. The zero-order valence-electron chi connectivity index (χ0n) is 17.5. The van der Waals surface area contributed by atoms with Crippen LogP contribution in [0.25, 0.3) is 11.0 Å². The van der Waals surface area contributed by atoms with Gasteiger partial charge in [-0.05, 0) is 18.8 Å². The van der Waals surface area contributed by atoms with Crippen molar-refractivity contribution in [3.63, 3.8) is 0 Å². The Balaban J connectivity index is 1.38. The van der Waals surface area contributed by atoms with Crippen LogP contribution in [0.5, 0.6) is 0 Å². The van der Waals surface area contributed by atoms with Crippen molar-refractivity contribution in [2.75, 3.05) is 13.1 Å². The molecule has 162 valence electrons. The van der Waals surface area contributed by atoms with Crippen LogP contribution in [0.1, 0.15) is 66.6 Å². The van der Waals surface area contributed by atoms with Crippen molar-refractivity contribution in [3.05, 3.63) is 46.2 Å². The molecular weight excluding hydrogens is 396 g/mol. The summed E-state index contributed by atoms with van der Waals surface area (Å²) in [5, 5.41) is 5.05. The van der Waals surface area contributed by atoms with Crippen LogP contribution in [0, 0.1) is 5.92 Å². The van der Waals surface area contributed by atoms with E-state index in [0.717, 1.165) is 31.8 Å². The third-order valence-corrected chi connectivity index (χ3v) is 6.55. The molecule has 4 heterocycles. The number of aromatic nitrogens is 6. The van der Waals surface area contributed by atoms with Crippen LogP contribution in [0.4, 0.5) is 0 Å². The third-order valence-electron chi connectivity index (χ3n) is 6.55. The van der Waals surface area contributed by atoms with Gasteiger partial charge in [-0.2, -0.15) is 5.10 Å². The Morgan fingerprint density at radius 1 is 1.19 bits per heavy atom. The Bertz CT molecular complexity index is 1160. The first-order valence-corrected chi connectivity index (χ1v) is 10.8. The highest BCUT2D eigenvalue weighted by atomic mass is 16.1. The van der Waals surface area contributed by atoms with Crippen LogP contribution in [-0.2, 0) is 6.54 Å². The van der Waals surface area contributed by atoms with E-state index in [4.69, 9.17) is 10.7 Å². The average Bonchev–Trinajstić information content (AvgIpc) is 3.48. The predicted octanol–water partition coefficient (Wildman–Crippen LogP) is 1.36. The second-order valence-corrected chi connectivity index (χ2v) is 8.75. The van der Waals surface area contributed by atoms with Crippen LogP contribution in [0.15, 0.2) is 23.4 Å². The van der Waals surface area contributed by atoms with Crippen molar-refractivity contribution in [2.45, 2.75) is 51.1 Å². The highest BCUT2D eigenvalue weighted by Gasteiger charge is 2.33. The summed E-state index contributed by atoms with van der Waals surface area (Å²) in [5.74, 6) is 1.23. The lowest BCUT2D eigenvalue weighted by Crippen LogP contribution is -2.23. The summed E-state index contributed by atoms with van der Waals surface area (Å²) in [4.78, 5) is 42.6. The number of nitrogens with one attached hydrogen (secondary N) is 1. The van der Waals surface area contributed by atoms with E-state index in [0.29, 0.717) is 40.9 Å². The van der Waals surface area contributed by atoms with Gasteiger partial charge in [0.1, 0.15) is 17.0 Å². The molecule has 3 N–H and O–H groups in total. The number of amides is 1. The van der Waals surface area contributed by atoms with Crippen molar-refractivity contribution in [1.82, 2.24) is 34.6 Å². The molecule has 1 aliphatic carbocycles. The van der Waals surface area contributed by atoms with Crippen LogP contribution in [0.2, 0.25) is 0 Å². The number of fused-ring (bicyclic) bond motifs is 1. The monoisotopic (exact) mass is 422 g/mol. The number of primary amides is 1. The minimum absolute atomic E-state index is 0.105. The summed E-state index contributed by atoms with van der Waals surface area (Å²) < 4.78 is 1.95. The molecule has 1 saturated heterocycles. The first-order valence-electron chi connectivity index (χ1n) is 10.8. The summed E-state index contributed by atoms with van der Waals surface area (Å²) in [6.45, 7) is 4.32. The molecule has 31 heavy (non-hydrogen) atoms. The Morgan fingerprint density at radius 3 is 2.65 bits per heavy atom. The second-order valence-electron chi connectivity index (χ2n) is 8.75. The predicted molar refractivity (Wildman–Crippen MR) is 113 cm³/mol. The van der Waals surface area contributed by atoms with E-state index in [1.54, 1.807) is 6.20 Å². The van der Waals surface area contributed by atoms with E-state index in [-0.39, 0.29) is 11.5 Å². The molecular formula is C21H26N8O2. The first-order chi connectivity index (χ1) is 15.0. The molecule has 1 saturated carbocycles. The number of hydrogen-bond acceptors (Lipinski definition) is 7. The number of H-pyrrole nitrogens is 1. The molecule has 0 bridgehead atoms. The molecule has 0 radical (unpaired) electrons. The van der Waals surface area contributed by atoms with E-state index in [9.17, 15) is 9.59 Å². The minimum atomic E-state index is -0.538. The van der Waals surface area contributed by atoms with E-state index in [1.807, 2.05) is 4.68 Å². The lowest BCUT2D eigenvalue weighted by Gasteiger charge is -2.16. The van der Waals surface area contributed by atoms with Gasteiger partial charge in [0, 0.05) is 31.4 Å². The Labute approximate surface area is 178 Å². The van der Waals surface area contributed by atoms with Gasteiger partial charge in [0.15, 0.2) is 5.65 Å². The highest BCUT2D eigenvalue weighted by Crippen LogP contribution is 2.33. The zero-order chi connectivity index (χ0) is 21.5. The second kappa shape index (κ2) is 7.84. The lowest BCUT2D eigenvalue weighted by molar-refractivity contribution is 0.0999. The molecule has 10 heteroatoms. The van der Waals surface area contributed by atoms with Crippen molar-refractivity contribution in [3.8, 4) is 0 Å². The molecule has 1 aliphatic heterocycles. The number of aromatic amines is 1. The summed E-state index contributed by atoms with van der Waals surface area (Å²) >= 11 is 0. The van der Waals surface area contributed by atoms with Gasteiger partial charge in [-0.1, -0.05) is 19.8 Å². The summed E-state index contributed by atoms with van der Waals surface area (Å²) in [6.07, 6.45) is 9.11. The number of nitrogens with zero attached hydrogens (tertiary/aromatic N) is 6. The molecule has 2 atom stereocenters. The third kappa shape index (κ3) is 3.71. The maximum atomic E-state index is 12.7. The number of hydrogen-bond donors (Lipinski definition) is 2. The topological polar surface area (TPSA) is 136 Å². The van der Waals surface area contributed by atoms with Gasteiger partial charge in [0.05, 0.1) is 24.3 Å². The summed E-state index contributed by atoms with van der Waals surface area (Å²) in [6, 6.07) is 0.331. The van der Waals surface area contributed by atoms with Gasteiger partial charge in [-0.3, -0.25) is 14.5 Å². The first kappa shape index (κ1) is 19.8. The van der Waals surface area contributed by atoms with Crippen molar-refractivity contribution < 1.29 is 4.79 Å². The Kier molecular flexibility index (Phi) is 5.01. The normalized spacial score (nSPS) is 22.5. The summed E-state index contributed by atoms with van der Waals surface area (Å²) in [7, 11) is 0. The van der Waals surface area contributed by atoms with E-state index in [2.05, 4.69) is 31.9 Å². The van der Waals surface area contributed by atoms with Crippen molar-refractivity contribution >= 4 is 16.9 Å². The number of carbonyl (C=O) groups excluding carboxylic acids is 1. The fourth-order valence-corrected chi connectivity index (χ4v) is 4.86. The molecule has 3 aromatic heterocycles. The van der Waals surface area contributed by atoms with Gasteiger partial charge < -0.3 is 10.7 Å². The Hall–Kier alpha value is -3.14. The molecule has 1 amide bonds. The zero-order valence-corrected chi connectivity index (χ0v) is 17.5. The van der Waals surface area contributed by atoms with E-state index < -0.39 is 5.91 Å². The molecule has 3 aromatic rings. The number of likely N-dealkylation sites (tertiary alicyclic amines) is 1. The fraction of sp³-hybridized carbons (Fsp3) is 0.524. The molecule has 0 spiro atoms. The largest absolute Gasteiger partial charge is 0.366 e. The van der Waals surface area contributed by atoms with Gasteiger partial charge in [-0.15, -0.1) is 0 Å². The van der Waals surface area contributed by atoms with Gasteiger partial charge in [0.2, 0.25) is 0 Å². The molecule has 10 nitrogen and oxygen atoms in total. The highest BCUT2D eigenvalue weighted by molar-refractivity contribution is 5.92. The SMILES string of the molecule is CC1CN(Cc2ncc(C(N)=O)cn2)CC1c1nc2c(cnn2C2CCCC2)c(=O)[nH]1. The standard InChI is InChI=1S/C21H26N8O2/c1-12-9-28(11-17-23-6-13(7-24-17)18(22)30)10-16(12)19-26-20-15(21(31)27-19)8-25-29(20)14-4-2-3-5-14/h6-8,12,14,16H,2-5,9-11H2,1H3,(H2,22,30)(H,26,27,31). The van der Waals surface area contributed by atoms with Crippen LogP contribution in [-0.4, -0.2) is 53.6 Å². The van der Waals surface area contributed by atoms with Crippen LogP contribution in [0.3, 0.4) is 0 Å². The summed E-state index contributed by atoms with van der Waals surface area (Å²) in [5.41, 5.74) is 6.12. The van der Waals surface area contributed by atoms with Gasteiger partial charge in [0.25, 0.3) is 11.5 Å². The van der Waals surface area contributed by atoms with E-state index >= 15 is 0 Å². The number of rotatable bonds is 5. The average molecular weight is 422 g/mol. The van der Waals surface area contributed by atoms with Crippen molar-refractivity contribution in [1.29, 1.82) is 0 Å². The van der Waals surface area contributed by atoms with Crippen LogP contribution < -0.4 is 11.3 Å². The lowest BCUT2D eigenvalue weighted by atomic mass is 9.97. The minimum Gasteiger partial charge on any atom is -0.366 e. The Morgan fingerprint density at radius 2 is 1.94 bits per heavy atom. The molecule has 2 fully saturated rings. The molecule has 0 aromatic carbocycles. The molecule has 2 aliphatic rings. The quantitative estimate of drug-likeness (QED) is 0.633. The van der Waals surface area contributed by atoms with Gasteiger partial charge >= 0.3 is 0 Å². The fourth-order valence-electron chi connectivity index (χ4n) is 4.86.